The molecule has 3 aliphatic rings. The molecule has 3 aliphatic carbocycles. The molecule has 0 radical (unpaired) electrons. The van der Waals surface area contributed by atoms with Crippen LogP contribution in [0.4, 0.5) is 8.78 Å². The lowest BCUT2D eigenvalue weighted by atomic mass is 9.69. The number of halogens is 2. The fourth-order valence-corrected chi connectivity index (χ4v) is 5.89. The van der Waals surface area contributed by atoms with Gasteiger partial charge >= 0.3 is 0 Å². The lowest BCUT2D eigenvalue weighted by Crippen LogP contribution is -2.27. The smallest absolute Gasteiger partial charge is 0.204 e. The molecule has 0 saturated heterocycles. The van der Waals surface area contributed by atoms with Crippen LogP contribution in [0.15, 0.2) is 6.07 Å². The maximum atomic E-state index is 14.3. The van der Waals surface area contributed by atoms with Crippen LogP contribution in [0.5, 0.6) is 11.5 Å². The first kappa shape index (κ1) is 21.9. The summed E-state index contributed by atoms with van der Waals surface area (Å²) in [6.45, 7) is 2.21. The third-order valence-electron chi connectivity index (χ3n) is 8.13. The minimum atomic E-state index is -0.963. The summed E-state index contributed by atoms with van der Waals surface area (Å²) in [4.78, 5) is 0. The molecule has 2 nitrogen and oxygen atoms in total. The first-order valence-corrected chi connectivity index (χ1v) is 12.2. The Morgan fingerprint density at radius 2 is 1.27 bits per heavy atom. The molecule has 4 heteroatoms. The molecule has 0 bridgehead atoms. The van der Waals surface area contributed by atoms with Crippen LogP contribution in [0.25, 0.3) is 0 Å². The molecule has 0 amide bonds. The minimum absolute atomic E-state index is 0.0416. The van der Waals surface area contributed by atoms with Gasteiger partial charge in [0.25, 0.3) is 0 Å². The van der Waals surface area contributed by atoms with Crippen molar-refractivity contribution in [3.8, 4) is 11.5 Å². The first-order valence-electron chi connectivity index (χ1n) is 12.2. The fraction of sp³-hybridized carbons (Fsp3) is 0.769. The van der Waals surface area contributed by atoms with Crippen LogP contribution >= 0.6 is 0 Å². The third-order valence-corrected chi connectivity index (χ3v) is 8.13. The molecule has 3 fully saturated rings. The second kappa shape index (κ2) is 9.87. The molecule has 0 heterocycles. The molecule has 168 valence electrons. The van der Waals surface area contributed by atoms with Gasteiger partial charge in [0.05, 0.1) is 13.7 Å². The summed E-state index contributed by atoms with van der Waals surface area (Å²) in [5.41, 5.74) is 0.581. The van der Waals surface area contributed by atoms with Gasteiger partial charge in [-0.1, -0.05) is 38.5 Å². The standard InChI is InChI=1S/C26H38F2O2/c1-17-15-23(29-2)24(27)25(28)26(17)30-16-20-9-13-22(14-10-20)21-11-7-19(8-12-21)6-5-18-3-4-18/h15,18-22H,3-14,16H2,1-2H3. The van der Waals surface area contributed by atoms with Gasteiger partial charge in [0.1, 0.15) is 0 Å². The van der Waals surface area contributed by atoms with E-state index >= 15 is 0 Å². The van der Waals surface area contributed by atoms with Gasteiger partial charge in [-0.05, 0) is 86.7 Å². The molecular formula is C26H38F2O2. The second-order valence-corrected chi connectivity index (χ2v) is 10.2. The van der Waals surface area contributed by atoms with Gasteiger partial charge < -0.3 is 9.47 Å². The van der Waals surface area contributed by atoms with E-state index in [2.05, 4.69) is 0 Å². The number of rotatable bonds is 8. The Balaban J connectivity index is 1.19. The summed E-state index contributed by atoms with van der Waals surface area (Å²) < 4.78 is 39.0. The third kappa shape index (κ3) is 5.29. The van der Waals surface area contributed by atoms with E-state index in [-0.39, 0.29) is 11.5 Å². The Bertz CT molecular complexity index is 699. The average molecular weight is 421 g/mol. The van der Waals surface area contributed by atoms with E-state index in [1.165, 1.54) is 77.4 Å². The van der Waals surface area contributed by atoms with E-state index in [0.29, 0.717) is 18.1 Å². The molecule has 0 unspecified atom stereocenters. The van der Waals surface area contributed by atoms with Gasteiger partial charge in [-0.25, -0.2) is 0 Å². The average Bonchev–Trinajstić information content (AvgIpc) is 3.60. The normalized spacial score (nSPS) is 29.6. The van der Waals surface area contributed by atoms with Crippen molar-refractivity contribution in [2.75, 3.05) is 13.7 Å². The van der Waals surface area contributed by atoms with E-state index in [1.54, 1.807) is 6.92 Å². The van der Waals surface area contributed by atoms with Crippen LogP contribution in [0.1, 0.15) is 82.6 Å². The van der Waals surface area contributed by atoms with E-state index in [9.17, 15) is 8.78 Å². The largest absolute Gasteiger partial charge is 0.494 e. The SMILES string of the molecule is COc1cc(C)c(OCC2CCC(C3CCC(CCC4CC4)CC3)CC2)c(F)c1F. The van der Waals surface area contributed by atoms with Crippen LogP contribution in [0.3, 0.4) is 0 Å². The number of benzene rings is 1. The summed E-state index contributed by atoms with van der Waals surface area (Å²) in [6, 6.07) is 1.51. The molecule has 0 N–H and O–H groups in total. The predicted molar refractivity (Wildman–Crippen MR) is 116 cm³/mol. The van der Waals surface area contributed by atoms with Gasteiger partial charge in [-0.3, -0.25) is 0 Å². The molecule has 0 aromatic heterocycles. The van der Waals surface area contributed by atoms with Crippen molar-refractivity contribution in [2.45, 2.75) is 84.0 Å². The topological polar surface area (TPSA) is 18.5 Å². The number of aryl methyl sites for hydroxylation is 1. The van der Waals surface area contributed by atoms with Gasteiger partial charge in [-0.15, -0.1) is 0 Å². The predicted octanol–water partition coefficient (Wildman–Crippen LogP) is 7.46. The second-order valence-electron chi connectivity index (χ2n) is 10.2. The molecule has 4 rings (SSSR count). The van der Waals surface area contributed by atoms with Crippen molar-refractivity contribution < 1.29 is 18.3 Å². The van der Waals surface area contributed by atoms with Gasteiger partial charge in [0.2, 0.25) is 11.6 Å². The van der Waals surface area contributed by atoms with Gasteiger partial charge in [-0.2, -0.15) is 8.78 Å². The van der Waals surface area contributed by atoms with Crippen molar-refractivity contribution in [3.05, 3.63) is 23.3 Å². The van der Waals surface area contributed by atoms with Crippen LogP contribution in [0.2, 0.25) is 0 Å². The lowest BCUT2D eigenvalue weighted by Gasteiger charge is -2.38. The molecular weight excluding hydrogens is 382 g/mol. The van der Waals surface area contributed by atoms with Crippen LogP contribution in [-0.2, 0) is 0 Å². The maximum absolute atomic E-state index is 14.3. The molecule has 3 saturated carbocycles. The quantitative estimate of drug-likeness (QED) is 0.434. The van der Waals surface area contributed by atoms with Gasteiger partial charge in [0, 0.05) is 0 Å². The van der Waals surface area contributed by atoms with Crippen molar-refractivity contribution >= 4 is 0 Å². The zero-order valence-corrected chi connectivity index (χ0v) is 18.7. The van der Waals surface area contributed by atoms with Crippen molar-refractivity contribution in [1.82, 2.24) is 0 Å². The van der Waals surface area contributed by atoms with E-state index in [1.807, 2.05) is 0 Å². The summed E-state index contributed by atoms with van der Waals surface area (Å²) in [7, 11) is 1.34. The first-order chi connectivity index (χ1) is 14.5. The molecule has 0 spiro atoms. The van der Waals surface area contributed by atoms with E-state index < -0.39 is 11.6 Å². The minimum Gasteiger partial charge on any atom is -0.494 e. The highest BCUT2D eigenvalue weighted by Gasteiger charge is 2.32. The Kier molecular flexibility index (Phi) is 7.20. The molecule has 0 aliphatic heterocycles. The van der Waals surface area contributed by atoms with Crippen molar-refractivity contribution in [2.24, 2.45) is 29.6 Å². The zero-order valence-electron chi connectivity index (χ0n) is 18.7. The lowest BCUT2D eigenvalue weighted by molar-refractivity contribution is 0.119. The molecule has 0 atom stereocenters. The number of hydrogen-bond acceptors (Lipinski definition) is 2. The Morgan fingerprint density at radius 1 is 0.767 bits per heavy atom. The summed E-state index contributed by atoms with van der Waals surface area (Å²) in [6.07, 6.45) is 16.5. The monoisotopic (exact) mass is 420 g/mol. The van der Waals surface area contributed by atoms with Crippen LogP contribution in [-0.4, -0.2) is 13.7 Å². The number of hydrogen-bond donors (Lipinski definition) is 0. The number of ether oxygens (including phenoxy) is 2. The maximum Gasteiger partial charge on any atom is 0.204 e. The Morgan fingerprint density at radius 3 is 1.77 bits per heavy atom. The highest BCUT2D eigenvalue weighted by atomic mass is 19.2. The summed E-state index contributed by atoms with van der Waals surface area (Å²) in [5.74, 6) is 2.37. The Hall–Kier alpha value is -1.32. The summed E-state index contributed by atoms with van der Waals surface area (Å²) in [5, 5.41) is 0. The summed E-state index contributed by atoms with van der Waals surface area (Å²) >= 11 is 0. The molecule has 1 aromatic carbocycles. The zero-order chi connectivity index (χ0) is 21.1. The van der Waals surface area contributed by atoms with Crippen LogP contribution in [0, 0.1) is 48.1 Å². The van der Waals surface area contributed by atoms with Crippen LogP contribution < -0.4 is 9.47 Å². The fourth-order valence-electron chi connectivity index (χ4n) is 5.89. The highest BCUT2D eigenvalue weighted by Crippen LogP contribution is 2.44. The molecule has 1 aromatic rings. The van der Waals surface area contributed by atoms with Crippen molar-refractivity contribution in [3.63, 3.8) is 0 Å². The Labute approximate surface area is 180 Å². The highest BCUT2D eigenvalue weighted by molar-refractivity contribution is 5.42. The number of methoxy groups -OCH3 is 1. The van der Waals surface area contributed by atoms with Gasteiger partial charge in [0.15, 0.2) is 11.5 Å². The van der Waals surface area contributed by atoms with E-state index in [0.717, 1.165) is 36.5 Å². The van der Waals surface area contributed by atoms with E-state index in [4.69, 9.17) is 9.47 Å². The molecule has 30 heavy (non-hydrogen) atoms. The van der Waals surface area contributed by atoms with Crippen molar-refractivity contribution in [1.29, 1.82) is 0 Å².